The van der Waals surface area contributed by atoms with E-state index >= 15 is 0 Å². The van der Waals surface area contributed by atoms with Gasteiger partial charge in [0.2, 0.25) is 0 Å². The molecule has 3 heterocycles. The first-order chi connectivity index (χ1) is 31.7. The van der Waals surface area contributed by atoms with Gasteiger partial charge in [-0.1, -0.05) is 158 Å². The standard InChI is InChI=1S/C60H37NO3/c1-3-11-38(12-4-1)40-19-21-41(22-20-40)43-25-31-46(32-26-43)61(45-29-23-42(24-30-45)39-13-5-2-6-14-39)47-33-27-44(28-34-47)50-37-55-59(60-56(50)48-15-7-10-18-52(48)64-60)58-54(63-55)36-35-53-57(58)49-16-8-9-17-51(49)62-53/h1-37H. The van der Waals surface area contributed by atoms with Gasteiger partial charge in [-0.25, -0.2) is 0 Å². The largest absolute Gasteiger partial charge is 0.456 e. The Hall–Kier alpha value is -8.60. The third-order valence-electron chi connectivity index (χ3n) is 12.7. The number of fused-ring (bicyclic) bond motifs is 11. The molecular weight excluding hydrogens is 783 g/mol. The van der Waals surface area contributed by atoms with Gasteiger partial charge in [0, 0.05) is 44.0 Å². The van der Waals surface area contributed by atoms with E-state index in [1.165, 1.54) is 27.8 Å². The third kappa shape index (κ3) is 5.84. The highest BCUT2D eigenvalue weighted by atomic mass is 16.3. The van der Waals surface area contributed by atoms with Crippen LogP contribution in [0.2, 0.25) is 0 Å². The normalized spacial score (nSPS) is 11.8. The number of hydrogen-bond acceptors (Lipinski definition) is 4. The van der Waals surface area contributed by atoms with Crippen LogP contribution in [0.15, 0.2) is 238 Å². The lowest BCUT2D eigenvalue weighted by Crippen LogP contribution is -2.09. The predicted molar refractivity (Wildman–Crippen MR) is 265 cm³/mol. The number of hydrogen-bond donors (Lipinski definition) is 0. The van der Waals surface area contributed by atoms with E-state index in [9.17, 15) is 0 Å². The molecule has 0 saturated heterocycles. The maximum atomic E-state index is 6.82. The molecule has 0 aliphatic carbocycles. The first kappa shape index (κ1) is 36.1. The zero-order chi connectivity index (χ0) is 42.1. The summed E-state index contributed by atoms with van der Waals surface area (Å²) in [5, 5.41) is 6.18. The molecule has 0 amide bonds. The Morgan fingerprint density at radius 2 is 0.641 bits per heavy atom. The molecule has 0 bridgehead atoms. The smallest absolute Gasteiger partial charge is 0.147 e. The second-order valence-electron chi connectivity index (χ2n) is 16.4. The molecule has 0 spiro atoms. The second kappa shape index (κ2) is 14.5. The Bertz CT molecular complexity index is 3840. The summed E-state index contributed by atoms with van der Waals surface area (Å²) in [7, 11) is 0. The minimum absolute atomic E-state index is 0.772. The van der Waals surface area contributed by atoms with Crippen molar-refractivity contribution in [1.82, 2.24) is 0 Å². The summed E-state index contributed by atoms with van der Waals surface area (Å²) in [6, 6.07) is 79.1. The fraction of sp³-hybridized carbons (Fsp3) is 0. The van der Waals surface area contributed by atoms with Gasteiger partial charge in [-0.3, -0.25) is 0 Å². The van der Waals surface area contributed by atoms with Gasteiger partial charge in [0.15, 0.2) is 0 Å². The fourth-order valence-electron chi connectivity index (χ4n) is 9.63. The lowest BCUT2D eigenvalue weighted by molar-refractivity contribution is 0.660. The number of anilines is 3. The molecule has 3 aromatic heterocycles. The highest BCUT2D eigenvalue weighted by molar-refractivity contribution is 6.33. The first-order valence-electron chi connectivity index (χ1n) is 21.6. The van der Waals surface area contributed by atoms with Crippen molar-refractivity contribution in [3.63, 3.8) is 0 Å². The van der Waals surface area contributed by atoms with Crippen LogP contribution in [0.4, 0.5) is 17.1 Å². The van der Waals surface area contributed by atoms with Gasteiger partial charge < -0.3 is 18.2 Å². The van der Waals surface area contributed by atoms with Crippen molar-refractivity contribution in [2.24, 2.45) is 0 Å². The van der Waals surface area contributed by atoms with Crippen LogP contribution in [0.5, 0.6) is 0 Å². The van der Waals surface area contributed by atoms with Crippen LogP contribution in [-0.2, 0) is 0 Å². The minimum Gasteiger partial charge on any atom is -0.456 e. The molecule has 0 atom stereocenters. The van der Waals surface area contributed by atoms with Gasteiger partial charge in [-0.2, -0.15) is 0 Å². The average molecular weight is 820 g/mol. The molecule has 0 aliphatic rings. The van der Waals surface area contributed by atoms with Crippen LogP contribution in [0.25, 0.3) is 110 Å². The summed E-state index contributed by atoms with van der Waals surface area (Å²) < 4.78 is 19.9. The van der Waals surface area contributed by atoms with Crippen molar-refractivity contribution in [3.05, 3.63) is 224 Å². The van der Waals surface area contributed by atoms with Crippen LogP contribution >= 0.6 is 0 Å². The van der Waals surface area contributed by atoms with Gasteiger partial charge in [0.25, 0.3) is 0 Å². The van der Waals surface area contributed by atoms with E-state index in [1.807, 2.05) is 36.4 Å². The molecule has 0 N–H and O–H groups in total. The molecule has 13 rings (SSSR count). The summed E-state index contributed by atoms with van der Waals surface area (Å²) >= 11 is 0. The topological polar surface area (TPSA) is 42.7 Å². The minimum atomic E-state index is 0.772. The molecule has 4 heteroatoms. The van der Waals surface area contributed by atoms with E-state index in [0.717, 1.165) is 99.6 Å². The second-order valence-corrected chi connectivity index (χ2v) is 16.4. The molecule has 4 nitrogen and oxygen atoms in total. The lowest BCUT2D eigenvalue weighted by atomic mass is 9.96. The Labute approximate surface area is 368 Å². The maximum Gasteiger partial charge on any atom is 0.147 e. The summed E-state index contributed by atoms with van der Waals surface area (Å²) in [5.74, 6) is 0. The van der Waals surface area contributed by atoms with E-state index in [1.54, 1.807) is 0 Å². The molecule has 0 saturated carbocycles. The molecule has 300 valence electrons. The summed E-state index contributed by atoms with van der Waals surface area (Å²) in [6.45, 7) is 0. The van der Waals surface area contributed by atoms with E-state index in [2.05, 4.69) is 193 Å². The SMILES string of the molecule is c1ccc(-c2ccc(-c3ccc(N(c4ccc(-c5ccccc5)cc4)c4ccc(-c5cc6oc7ccc8oc9ccccc9c8c7c6c6oc7ccccc7c56)cc4)cc3)cc2)cc1. The number of furan rings is 3. The Balaban J connectivity index is 0.932. The maximum absolute atomic E-state index is 6.82. The quantitative estimate of drug-likeness (QED) is 0.161. The number of benzene rings is 10. The van der Waals surface area contributed by atoms with E-state index in [0.29, 0.717) is 0 Å². The van der Waals surface area contributed by atoms with Crippen LogP contribution in [0, 0.1) is 0 Å². The van der Waals surface area contributed by atoms with Crippen molar-refractivity contribution in [2.45, 2.75) is 0 Å². The summed E-state index contributed by atoms with van der Waals surface area (Å²) in [6.07, 6.45) is 0. The molecule has 10 aromatic carbocycles. The first-order valence-corrected chi connectivity index (χ1v) is 21.6. The van der Waals surface area contributed by atoms with Gasteiger partial charge in [-0.15, -0.1) is 0 Å². The molecule has 0 fully saturated rings. The monoisotopic (exact) mass is 819 g/mol. The van der Waals surface area contributed by atoms with Crippen LogP contribution in [-0.4, -0.2) is 0 Å². The number of nitrogens with zero attached hydrogens (tertiary/aromatic N) is 1. The Kier molecular flexibility index (Phi) is 8.18. The average Bonchev–Trinajstić information content (AvgIpc) is 4.06. The Morgan fingerprint density at radius 3 is 1.17 bits per heavy atom. The fourth-order valence-corrected chi connectivity index (χ4v) is 9.63. The molecule has 13 aromatic rings. The van der Waals surface area contributed by atoms with Gasteiger partial charge >= 0.3 is 0 Å². The van der Waals surface area contributed by atoms with E-state index in [4.69, 9.17) is 13.3 Å². The zero-order valence-electron chi connectivity index (χ0n) is 34.5. The van der Waals surface area contributed by atoms with Crippen LogP contribution in [0.3, 0.4) is 0 Å². The van der Waals surface area contributed by atoms with Crippen LogP contribution < -0.4 is 4.90 Å². The Morgan fingerprint density at radius 1 is 0.250 bits per heavy atom. The zero-order valence-corrected chi connectivity index (χ0v) is 34.5. The number of rotatable bonds is 7. The molecule has 64 heavy (non-hydrogen) atoms. The molecule has 0 radical (unpaired) electrons. The molecular formula is C60H37NO3. The van der Waals surface area contributed by atoms with Crippen molar-refractivity contribution in [2.75, 3.05) is 4.90 Å². The third-order valence-corrected chi connectivity index (χ3v) is 12.7. The molecule has 0 aliphatic heterocycles. The van der Waals surface area contributed by atoms with Crippen molar-refractivity contribution < 1.29 is 13.3 Å². The number of para-hydroxylation sites is 2. The van der Waals surface area contributed by atoms with Gasteiger partial charge in [0.1, 0.15) is 33.5 Å². The molecule has 0 unspecified atom stereocenters. The van der Waals surface area contributed by atoms with Gasteiger partial charge in [-0.05, 0) is 111 Å². The highest BCUT2D eigenvalue weighted by Gasteiger charge is 2.24. The van der Waals surface area contributed by atoms with Gasteiger partial charge in [0.05, 0.1) is 5.39 Å². The van der Waals surface area contributed by atoms with Crippen molar-refractivity contribution in [1.29, 1.82) is 0 Å². The van der Waals surface area contributed by atoms with Crippen molar-refractivity contribution in [3.8, 4) is 44.5 Å². The lowest BCUT2D eigenvalue weighted by Gasteiger charge is -2.26. The van der Waals surface area contributed by atoms with E-state index in [-0.39, 0.29) is 0 Å². The summed E-state index contributed by atoms with van der Waals surface area (Å²) in [5.41, 5.74) is 17.3. The van der Waals surface area contributed by atoms with Crippen molar-refractivity contribution >= 4 is 82.9 Å². The predicted octanol–water partition coefficient (Wildman–Crippen LogP) is 17.5. The summed E-state index contributed by atoms with van der Waals surface area (Å²) in [4.78, 5) is 2.33. The highest BCUT2D eigenvalue weighted by Crippen LogP contribution is 2.48. The van der Waals surface area contributed by atoms with E-state index < -0.39 is 0 Å². The van der Waals surface area contributed by atoms with Crippen LogP contribution in [0.1, 0.15) is 0 Å².